The minimum absolute atomic E-state index is 0.0909. The first-order chi connectivity index (χ1) is 12.6. The monoisotopic (exact) mass is 381 g/mol. The normalized spacial score (nSPS) is 15.5. The number of rotatable bonds is 6. The van der Waals surface area contributed by atoms with Crippen LogP contribution >= 0.6 is 11.3 Å². The van der Waals surface area contributed by atoms with Crippen molar-refractivity contribution in [3.8, 4) is 5.75 Å². The zero-order valence-electron chi connectivity index (χ0n) is 14.2. The third-order valence-corrected chi connectivity index (χ3v) is 5.02. The summed E-state index contributed by atoms with van der Waals surface area (Å²) in [6, 6.07) is 6.35. The Morgan fingerprint density at radius 2 is 1.85 bits per heavy atom. The van der Waals surface area contributed by atoms with Crippen molar-refractivity contribution in [2.45, 2.75) is 51.2 Å². The number of halogens is 2. The molecule has 26 heavy (non-hydrogen) atoms. The van der Waals surface area contributed by atoms with E-state index in [1.54, 1.807) is 17.5 Å². The fourth-order valence-electron chi connectivity index (χ4n) is 2.96. The maximum atomic E-state index is 12.4. The smallest absolute Gasteiger partial charge is 0.387 e. The van der Waals surface area contributed by atoms with E-state index in [0.29, 0.717) is 16.5 Å². The summed E-state index contributed by atoms with van der Waals surface area (Å²) in [5, 5.41) is 8.40. The molecular weight excluding hydrogens is 360 g/mol. The molecule has 1 aromatic heterocycles. The first-order valence-corrected chi connectivity index (χ1v) is 9.56. The Bertz CT molecular complexity index is 713. The first kappa shape index (κ1) is 18.6. The Morgan fingerprint density at radius 3 is 2.50 bits per heavy atom. The second-order valence-corrected chi connectivity index (χ2v) is 7.09. The lowest BCUT2D eigenvalue weighted by molar-refractivity contribution is -0.0498. The topological polar surface area (TPSA) is 63.2 Å². The summed E-state index contributed by atoms with van der Waals surface area (Å²) in [4.78, 5) is 16.7. The fourth-order valence-corrected chi connectivity index (χ4v) is 3.67. The van der Waals surface area contributed by atoms with Gasteiger partial charge in [-0.25, -0.2) is 4.98 Å². The van der Waals surface area contributed by atoms with E-state index in [1.807, 2.05) is 0 Å². The average molecular weight is 381 g/mol. The number of nitrogens with zero attached hydrogens (tertiary/aromatic N) is 1. The molecule has 5 nitrogen and oxygen atoms in total. The molecule has 2 N–H and O–H groups in total. The number of carbonyl (C=O) groups excluding carboxylic acids is 1. The highest BCUT2D eigenvalue weighted by Gasteiger charge is 2.17. The largest absolute Gasteiger partial charge is 0.435 e. The molecule has 0 spiro atoms. The van der Waals surface area contributed by atoms with Crippen LogP contribution < -0.4 is 15.4 Å². The third-order valence-electron chi connectivity index (χ3n) is 4.26. The molecule has 1 saturated carbocycles. The molecule has 1 amide bonds. The van der Waals surface area contributed by atoms with Gasteiger partial charge in [-0.05, 0) is 37.1 Å². The van der Waals surface area contributed by atoms with Crippen molar-refractivity contribution < 1.29 is 18.3 Å². The van der Waals surface area contributed by atoms with Crippen LogP contribution in [0.15, 0.2) is 29.6 Å². The number of anilines is 2. The van der Waals surface area contributed by atoms with Crippen molar-refractivity contribution >= 4 is 28.1 Å². The van der Waals surface area contributed by atoms with Crippen LogP contribution in [-0.2, 0) is 0 Å². The summed E-state index contributed by atoms with van der Waals surface area (Å²) >= 11 is 1.32. The summed E-state index contributed by atoms with van der Waals surface area (Å²) in [7, 11) is 0. The lowest BCUT2D eigenvalue weighted by atomic mass is 10.1. The molecule has 0 radical (unpaired) electrons. The highest BCUT2D eigenvalue weighted by Crippen LogP contribution is 2.24. The van der Waals surface area contributed by atoms with E-state index in [4.69, 9.17) is 0 Å². The number of ether oxygens (including phenoxy) is 1. The van der Waals surface area contributed by atoms with E-state index in [-0.39, 0.29) is 17.7 Å². The van der Waals surface area contributed by atoms with Crippen LogP contribution in [0.1, 0.15) is 49.0 Å². The van der Waals surface area contributed by atoms with Gasteiger partial charge in [0.15, 0.2) is 5.13 Å². The van der Waals surface area contributed by atoms with Crippen molar-refractivity contribution in [3.05, 3.63) is 35.3 Å². The van der Waals surface area contributed by atoms with Crippen LogP contribution in [0.5, 0.6) is 5.75 Å². The lowest BCUT2D eigenvalue weighted by Gasteiger charge is -2.15. The van der Waals surface area contributed by atoms with Crippen molar-refractivity contribution in [3.63, 3.8) is 0 Å². The van der Waals surface area contributed by atoms with Gasteiger partial charge in [-0.3, -0.25) is 4.79 Å². The standard InChI is InChI=1S/C18H21F2N3O2S/c19-17(20)25-14-9-7-13(8-10-14)22-18-23-15(11-26-18)16(24)21-12-5-3-1-2-4-6-12/h7-12,17H,1-6H2,(H,21,24)(H,22,23). The maximum Gasteiger partial charge on any atom is 0.387 e. The van der Waals surface area contributed by atoms with Crippen molar-refractivity contribution in [1.29, 1.82) is 0 Å². The molecule has 0 unspecified atom stereocenters. The van der Waals surface area contributed by atoms with Gasteiger partial charge in [0.25, 0.3) is 5.91 Å². The molecule has 0 saturated heterocycles. The van der Waals surface area contributed by atoms with Gasteiger partial charge < -0.3 is 15.4 Å². The maximum absolute atomic E-state index is 12.4. The number of thiazole rings is 1. The molecule has 0 bridgehead atoms. The molecule has 1 aromatic carbocycles. The number of hydrogen-bond donors (Lipinski definition) is 2. The van der Waals surface area contributed by atoms with Gasteiger partial charge in [0, 0.05) is 17.1 Å². The molecule has 0 atom stereocenters. The number of amides is 1. The van der Waals surface area contributed by atoms with Gasteiger partial charge in [-0.2, -0.15) is 8.78 Å². The molecule has 140 valence electrons. The summed E-state index contributed by atoms with van der Waals surface area (Å²) in [6.45, 7) is -2.85. The van der Waals surface area contributed by atoms with Gasteiger partial charge in [-0.15, -0.1) is 11.3 Å². The van der Waals surface area contributed by atoms with Crippen molar-refractivity contribution in [2.24, 2.45) is 0 Å². The van der Waals surface area contributed by atoms with Crippen LogP contribution in [0.3, 0.4) is 0 Å². The Labute approximate surface area is 154 Å². The van der Waals surface area contributed by atoms with Gasteiger partial charge in [0.05, 0.1) is 0 Å². The molecule has 3 rings (SSSR count). The highest BCUT2D eigenvalue weighted by atomic mass is 32.1. The molecule has 8 heteroatoms. The molecule has 0 aliphatic heterocycles. The van der Waals surface area contributed by atoms with Gasteiger partial charge in [0.1, 0.15) is 11.4 Å². The Morgan fingerprint density at radius 1 is 1.15 bits per heavy atom. The van der Waals surface area contributed by atoms with Crippen LogP contribution in [0.25, 0.3) is 0 Å². The number of benzene rings is 1. The zero-order valence-corrected chi connectivity index (χ0v) is 15.0. The number of hydrogen-bond acceptors (Lipinski definition) is 5. The van der Waals surface area contributed by atoms with Crippen molar-refractivity contribution in [2.75, 3.05) is 5.32 Å². The first-order valence-electron chi connectivity index (χ1n) is 8.68. The van der Waals surface area contributed by atoms with E-state index in [1.165, 1.54) is 36.3 Å². The molecule has 2 aromatic rings. The average Bonchev–Trinajstić information content (AvgIpc) is 2.92. The van der Waals surface area contributed by atoms with E-state index in [2.05, 4.69) is 20.4 Å². The zero-order chi connectivity index (χ0) is 18.4. The number of nitrogens with one attached hydrogen (secondary N) is 2. The lowest BCUT2D eigenvalue weighted by Crippen LogP contribution is -2.34. The minimum atomic E-state index is -2.85. The molecular formula is C18H21F2N3O2S. The minimum Gasteiger partial charge on any atom is -0.435 e. The molecule has 1 aliphatic rings. The Kier molecular flexibility index (Phi) is 6.38. The Hall–Kier alpha value is -2.22. The molecule has 1 aliphatic carbocycles. The quantitative estimate of drug-likeness (QED) is 0.696. The van der Waals surface area contributed by atoms with Crippen LogP contribution in [0.4, 0.5) is 19.6 Å². The van der Waals surface area contributed by atoms with Gasteiger partial charge >= 0.3 is 6.61 Å². The van der Waals surface area contributed by atoms with Gasteiger partial charge in [-0.1, -0.05) is 25.7 Å². The summed E-state index contributed by atoms with van der Waals surface area (Å²) in [5.74, 6) is -0.0602. The third kappa shape index (κ3) is 5.39. The molecule has 1 fully saturated rings. The predicted octanol–water partition coefficient (Wildman–Crippen LogP) is 4.94. The van der Waals surface area contributed by atoms with E-state index in [9.17, 15) is 13.6 Å². The summed E-state index contributed by atoms with van der Waals surface area (Å²) in [5.41, 5.74) is 1.07. The fraction of sp³-hybridized carbons (Fsp3) is 0.444. The molecule has 1 heterocycles. The van der Waals surface area contributed by atoms with E-state index >= 15 is 0 Å². The van der Waals surface area contributed by atoms with Gasteiger partial charge in [0.2, 0.25) is 0 Å². The van der Waals surface area contributed by atoms with Crippen LogP contribution in [0, 0.1) is 0 Å². The summed E-state index contributed by atoms with van der Waals surface area (Å²) in [6.07, 6.45) is 6.82. The second kappa shape index (κ2) is 8.93. The van der Waals surface area contributed by atoms with Crippen molar-refractivity contribution in [1.82, 2.24) is 10.3 Å². The number of aromatic nitrogens is 1. The highest BCUT2D eigenvalue weighted by molar-refractivity contribution is 7.14. The number of alkyl halides is 2. The summed E-state index contributed by atoms with van der Waals surface area (Å²) < 4.78 is 28.6. The van der Waals surface area contributed by atoms with E-state index < -0.39 is 6.61 Å². The van der Waals surface area contributed by atoms with Crippen LogP contribution in [0.2, 0.25) is 0 Å². The number of carbonyl (C=O) groups is 1. The van der Waals surface area contributed by atoms with E-state index in [0.717, 1.165) is 25.7 Å². The Balaban J connectivity index is 1.56. The van der Waals surface area contributed by atoms with Crippen LogP contribution in [-0.4, -0.2) is 23.5 Å². The second-order valence-electron chi connectivity index (χ2n) is 6.23. The predicted molar refractivity (Wildman–Crippen MR) is 97.4 cm³/mol. The SMILES string of the molecule is O=C(NC1CCCCCC1)c1csc(Nc2ccc(OC(F)F)cc2)n1.